The van der Waals surface area contributed by atoms with Crippen LogP contribution in [0.25, 0.3) is 45.3 Å². The van der Waals surface area contributed by atoms with Crippen LogP contribution in [-0.2, 0) is 0 Å². The highest BCUT2D eigenvalue weighted by Gasteiger charge is 2.12. The van der Waals surface area contributed by atoms with E-state index in [1.165, 1.54) is 0 Å². The summed E-state index contributed by atoms with van der Waals surface area (Å²) in [7, 11) is 0. The predicted molar refractivity (Wildman–Crippen MR) is 127 cm³/mol. The zero-order chi connectivity index (χ0) is 21.0. The van der Waals surface area contributed by atoms with Gasteiger partial charge in [0, 0.05) is 21.7 Å². The molecule has 31 heavy (non-hydrogen) atoms. The summed E-state index contributed by atoms with van der Waals surface area (Å²) in [5.74, 6) is 1.95. The smallest absolute Gasteiger partial charge is 0.164 e. The first-order chi connectivity index (χ1) is 15.3. The number of halogens is 1. The summed E-state index contributed by atoms with van der Waals surface area (Å²) < 4.78 is 0. The Kier molecular flexibility index (Phi) is 5.26. The number of rotatable bonds is 4. The van der Waals surface area contributed by atoms with Crippen LogP contribution in [0.2, 0.25) is 5.02 Å². The Hall–Kier alpha value is -3.82. The molecule has 0 amide bonds. The lowest BCUT2D eigenvalue weighted by atomic mass is 10.0. The molecular formula is C27H18ClN3. The first kappa shape index (κ1) is 19.2. The van der Waals surface area contributed by atoms with E-state index in [-0.39, 0.29) is 0 Å². The Balaban J connectivity index is 1.65. The van der Waals surface area contributed by atoms with Gasteiger partial charge in [-0.25, -0.2) is 15.0 Å². The van der Waals surface area contributed by atoms with Gasteiger partial charge in [0.25, 0.3) is 0 Å². The van der Waals surface area contributed by atoms with Crippen molar-refractivity contribution < 1.29 is 0 Å². The number of nitrogens with zero attached hydrogens (tertiary/aromatic N) is 3. The van der Waals surface area contributed by atoms with E-state index in [1.807, 2.05) is 97.1 Å². The van der Waals surface area contributed by atoms with Crippen LogP contribution in [0, 0.1) is 0 Å². The third-order valence-electron chi connectivity index (χ3n) is 5.00. The average molecular weight is 420 g/mol. The number of hydrogen-bond acceptors (Lipinski definition) is 3. The molecule has 0 atom stereocenters. The van der Waals surface area contributed by atoms with Crippen LogP contribution in [0.4, 0.5) is 0 Å². The zero-order valence-corrected chi connectivity index (χ0v) is 17.4. The molecule has 0 N–H and O–H groups in total. The average Bonchev–Trinajstić information content (AvgIpc) is 2.85. The minimum absolute atomic E-state index is 0.642. The first-order valence-electron chi connectivity index (χ1n) is 9.99. The largest absolute Gasteiger partial charge is 0.208 e. The maximum absolute atomic E-state index is 6.05. The van der Waals surface area contributed by atoms with Crippen molar-refractivity contribution in [2.24, 2.45) is 0 Å². The lowest BCUT2D eigenvalue weighted by molar-refractivity contribution is 1.07. The molecule has 5 aromatic rings. The molecule has 3 nitrogen and oxygen atoms in total. The van der Waals surface area contributed by atoms with E-state index in [1.54, 1.807) is 0 Å². The fourth-order valence-corrected chi connectivity index (χ4v) is 3.54. The first-order valence-corrected chi connectivity index (χ1v) is 10.4. The molecule has 0 saturated carbocycles. The lowest BCUT2D eigenvalue weighted by Gasteiger charge is -2.09. The SMILES string of the molecule is Clc1ccc(-c2cccc(-c3nc(-c4ccccc4)nc(-c4ccccc4)n3)c2)cc1. The summed E-state index contributed by atoms with van der Waals surface area (Å²) in [5.41, 5.74) is 5.02. The quantitative estimate of drug-likeness (QED) is 0.309. The second kappa shape index (κ2) is 8.50. The van der Waals surface area contributed by atoms with Crippen molar-refractivity contribution in [3.8, 4) is 45.3 Å². The number of benzene rings is 4. The van der Waals surface area contributed by atoms with E-state index in [0.29, 0.717) is 17.5 Å². The van der Waals surface area contributed by atoms with Crippen molar-refractivity contribution in [1.29, 1.82) is 0 Å². The van der Waals surface area contributed by atoms with Crippen molar-refractivity contribution in [3.63, 3.8) is 0 Å². The van der Waals surface area contributed by atoms with E-state index in [4.69, 9.17) is 26.6 Å². The molecule has 0 unspecified atom stereocenters. The molecule has 0 spiro atoms. The molecule has 1 aromatic heterocycles. The fourth-order valence-electron chi connectivity index (χ4n) is 3.42. The maximum atomic E-state index is 6.05. The minimum atomic E-state index is 0.642. The molecule has 0 fully saturated rings. The van der Waals surface area contributed by atoms with Crippen LogP contribution in [0.1, 0.15) is 0 Å². The molecule has 0 saturated heterocycles. The van der Waals surface area contributed by atoms with E-state index in [9.17, 15) is 0 Å². The van der Waals surface area contributed by atoms with E-state index < -0.39 is 0 Å². The summed E-state index contributed by atoms with van der Waals surface area (Å²) in [6, 6.07) is 36.0. The van der Waals surface area contributed by atoms with Crippen LogP contribution in [0.5, 0.6) is 0 Å². The van der Waals surface area contributed by atoms with Gasteiger partial charge in [-0.15, -0.1) is 0 Å². The molecule has 0 radical (unpaired) electrons. The molecule has 1 heterocycles. The highest BCUT2D eigenvalue weighted by molar-refractivity contribution is 6.30. The van der Waals surface area contributed by atoms with Gasteiger partial charge >= 0.3 is 0 Å². The van der Waals surface area contributed by atoms with Crippen molar-refractivity contribution in [2.75, 3.05) is 0 Å². The monoisotopic (exact) mass is 419 g/mol. The molecule has 4 heteroatoms. The third-order valence-corrected chi connectivity index (χ3v) is 5.25. The van der Waals surface area contributed by atoms with Gasteiger partial charge < -0.3 is 0 Å². The van der Waals surface area contributed by atoms with Gasteiger partial charge in [0.15, 0.2) is 17.5 Å². The standard InChI is InChI=1S/C27H18ClN3/c28-24-16-14-19(15-17-24)22-12-7-13-23(18-22)27-30-25(20-8-3-1-4-9-20)29-26(31-27)21-10-5-2-6-11-21/h1-18H. The topological polar surface area (TPSA) is 38.7 Å². The van der Waals surface area contributed by atoms with Crippen LogP contribution >= 0.6 is 11.6 Å². The Morgan fingerprint density at radius 2 is 0.839 bits per heavy atom. The van der Waals surface area contributed by atoms with Gasteiger partial charge in [-0.05, 0) is 29.3 Å². The fraction of sp³-hybridized carbons (Fsp3) is 0. The number of aromatic nitrogens is 3. The van der Waals surface area contributed by atoms with Gasteiger partial charge in [-0.2, -0.15) is 0 Å². The van der Waals surface area contributed by atoms with Crippen LogP contribution < -0.4 is 0 Å². The summed E-state index contributed by atoms with van der Waals surface area (Å²) >= 11 is 6.05. The summed E-state index contributed by atoms with van der Waals surface area (Å²) in [5, 5.41) is 0.720. The van der Waals surface area contributed by atoms with Gasteiger partial charge in [0.2, 0.25) is 0 Å². The van der Waals surface area contributed by atoms with Gasteiger partial charge in [0.1, 0.15) is 0 Å². The van der Waals surface area contributed by atoms with Crippen molar-refractivity contribution in [2.45, 2.75) is 0 Å². The van der Waals surface area contributed by atoms with Crippen LogP contribution in [0.3, 0.4) is 0 Å². The summed E-state index contributed by atoms with van der Waals surface area (Å²) in [6.07, 6.45) is 0. The van der Waals surface area contributed by atoms with Crippen LogP contribution in [0.15, 0.2) is 109 Å². The Morgan fingerprint density at radius 3 is 1.39 bits per heavy atom. The molecule has 0 aliphatic rings. The third kappa shape index (κ3) is 4.23. The van der Waals surface area contributed by atoms with Gasteiger partial charge in [-0.3, -0.25) is 0 Å². The molecule has 148 valence electrons. The molecule has 4 aromatic carbocycles. The molecule has 5 rings (SSSR count). The van der Waals surface area contributed by atoms with Crippen molar-refractivity contribution >= 4 is 11.6 Å². The van der Waals surface area contributed by atoms with E-state index in [2.05, 4.69) is 12.1 Å². The molecular weight excluding hydrogens is 402 g/mol. The number of hydrogen-bond donors (Lipinski definition) is 0. The van der Waals surface area contributed by atoms with Gasteiger partial charge in [-0.1, -0.05) is 103 Å². The summed E-state index contributed by atoms with van der Waals surface area (Å²) in [6.45, 7) is 0. The maximum Gasteiger partial charge on any atom is 0.164 e. The molecule has 0 bridgehead atoms. The highest BCUT2D eigenvalue weighted by atomic mass is 35.5. The second-order valence-corrected chi connectivity index (χ2v) is 7.56. The second-order valence-electron chi connectivity index (χ2n) is 7.13. The highest BCUT2D eigenvalue weighted by Crippen LogP contribution is 2.28. The van der Waals surface area contributed by atoms with Crippen molar-refractivity contribution in [3.05, 3.63) is 114 Å². The van der Waals surface area contributed by atoms with Gasteiger partial charge in [0.05, 0.1) is 0 Å². The minimum Gasteiger partial charge on any atom is -0.208 e. The molecule has 0 aliphatic carbocycles. The van der Waals surface area contributed by atoms with Crippen molar-refractivity contribution in [1.82, 2.24) is 15.0 Å². The Labute approximate surface area is 186 Å². The Bertz CT molecular complexity index is 1260. The van der Waals surface area contributed by atoms with E-state index >= 15 is 0 Å². The predicted octanol–water partition coefficient (Wildman–Crippen LogP) is 7.19. The Morgan fingerprint density at radius 1 is 0.387 bits per heavy atom. The molecule has 0 aliphatic heterocycles. The zero-order valence-electron chi connectivity index (χ0n) is 16.6. The summed E-state index contributed by atoms with van der Waals surface area (Å²) in [4.78, 5) is 14.4. The van der Waals surface area contributed by atoms with Crippen LogP contribution in [-0.4, -0.2) is 15.0 Å². The lowest BCUT2D eigenvalue weighted by Crippen LogP contribution is -2.00. The normalized spacial score (nSPS) is 10.7. The van der Waals surface area contributed by atoms with E-state index in [0.717, 1.165) is 32.8 Å².